The van der Waals surface area contributed by atoms with Crippen LogP contribution in [0.4, 0.5) is 0 Å². The Morgan fingerprint density at radius 1 is 0.494 bits per heavy atom. The van der Waals surface area contributed by atoms with Crippen molar-refractivity contribution in [1.82, 2.24) is 4.90 Å². The molecule has 2 fully saturated rings. The third-order valence-corrected chi connectivity index (χ3v) is 14.6. The van der Waals surface area contributed by atoms with Crippen LogP contribution >= 0.6 is 11.8 Å². The molecule has 10 atom stereocenters. The minimum Gasteiger partial charge on any atom is -0.494 e. The molecule has 19 nitrogen and oxygen atoms in total. The molecule has 2 amide bonds. The van der Waals surface area contributed by atoms with Crippen molar-refractivity contribution in [3.8, 4) is 5.75 Å². The number of carbonyl (C=O) groups is 8. The Balaban J connectivity index is 1.21. The first kappa shape index (κ1) is 59.2. The largest absolute Gasteiger partial charge is 0.494 e. The third-order valence-electron chi connectivity index (χ3n) is 13.4. The molecule has 0 unspecified atom stereocenters. The lowest BCUT2D eigenvalue weighted by Crippen LogP contribution is -2.68. The van der Waals surface area contributed by atoms with Crippen LogP contribution in [0.2, 0.25) is 0 Å². The van der Waals surface area contributed by atoms with Gasteiger partial charge in [0.1, 0.15) is 36.0 Å². The number of imide groups is 1. The summed E-state index contributed by atoms with van der Waals surface area (Å²) >= 11 is 1.08. The standard InChI is InChI=1S/C61H63NO18S/c1-5-6-7-8-9-21-34-71-43-30-32-44(33-31-43)81-61-54(80-59(70)42-26-17-12-18-27-42)53(79-58(69)41-24-15-11-16-25-41)51(78-57(68)40-22-13-10-14-23-40)48(77-61)36-73-60-49(62-55(66)45-28-19-20-29-46(45)56(62)67)52(75-39(4)65)50(74-38(3)64)47(76-60)35-72-37(2)63/h10-20,22-33,47-54,60-61H,5-9,21,34-36H2,1-4H3/t47-,48-,49-,50-,51-,52-,53+,54-,60-,61+/m1/s1. The summed E-state index contributed by atoms with van der Waals surface area (Å²) in [6.45, 7) is 4.63. The number of nitrogens with zero attached hydrogens (tertiary/aromatic N) is 1. The first-order chi connectivity index (χ1) is 39.2. The molecular formula is C61H63NO18S. The summed E-state index contributed by atoms with van der Waals surface area (Å²) in [6.07, 6.45) is -6.58. The zero-order valence-electron chi connectivity index (χ0n) is 45.1. The number of esters is 6. The van der Waals surface area contributed by atoms with E-state index in [0.29, 0.717) is 17.3 Å². The van der Waals surface area contributed by atoms with E-state index < -0.39 is 121 Å². The Bertz CT molecular complexity index is 2950. The Kier molecular flexibility index (Phi) is 20.8. The van der Waals surface area contributed by atoms with Gasteiger partial charge in [-0.3, -0.25) is 28.9 Å². The number of carbonyl (C=O) groups excluding carboxylic acids is 8. The van der Waals surface area contributed by atoms with Gasteiger partial charge in [0.15, 0.2) is 36.8 Å². The molecule has 8 rings (SSSR count). The van der Waals surface area contributed by atoms with Gasteiger partial charge in [0.25, 0.3) is 11.8 Å². The predicted octanol–water partition coefficient (Wildman–Crippen LogP) is 8.75. The summed E-state index contributed by atoms with van der Waals surface area (Å²) in [6, 6.07) is 35.2. The van der Waals surface area contributed by atoms with Crippen molar-refractivity contribution in [2.24, 2.45) is 0 Å². The van der Waals surface area contributed by atoms with Crippen LogP contribution in [0, 0.1) is 0 Å². The van der Waals surface area contributed by atoms with Crippen LogP contribution in [-0.2, 0) is 57.0 Å². The summed E-state index contributed by atoms with van der Waals surface area (Å²) in [5.41, 5.74) is -1.01. The van der Waals surface area contributed by atoms with Crippen molar-refractivity contribution in [1.29, 1.82) is 0 Å². The number of benzene rings is 5. The molecule has 3 heterocycles. The Morgan fingerprint density at radius 3 is 1.49 bits per heavy atom. The highest BCUT2D eigenvalue weighted by Crippen LogP contribution is 2.41. The van der Waals surface area contributed by atoms with Gasteiger partial charge in [-0.25, -0.2) is 14.4 Å². The summed E-state index contributed by atoms with van der Waals surface area (Å²) in [5.74, 6) is -6.30. The number of ether oxygens (including phenoxy) is 10. The van der Waals surface area contributed by atoms with E-state index in [-0.39, 0.29) is 27.8 Å². The Hall–Kier alpha value is -7.91. The maximum Gasteiger partial charge on any atom is 0.338 e. The molecule has 0 saturated carbocycles. The topological polar surface area (TPSA) is 232 Å². The highest BCUT2D eigenvalue weighted by molar-refractivity contribution is 7.99. The minimum absolute atomic E-state index is 0.00571. The van der Waals surface area contributed by atoms with E-state index in [9.17, 15) is 38.4 Å². The molecule has 20 heteroatoms. The average molecular weight is 1130 g/mol. The van der Waals surface area contributed by atoms with Crippen LogP contribution in [0.5, 0.6) is 5.75 Å². The second-order valence-corrected chi connectivity index (χ2v) is 20.5. The van der Waals surface area contributed by atoms with E-state index in [1.165, 1.54) is 61.4 Å². The van der Waals surface area contributed by atoms with Gasteiger partial charge in [0.2, 0.25) is 0 Å². The lowest BCUT2D eigenvalue weighted by Gasteiger charge is -2.48. The van der Waals surface area contributed by atoms with Crippen molar-refractivity contribution >= 4 is 59.4 Å². The number of unbranched alkanes of at least 4 members (excludes halogenated alkanes) is 5. The molecular weight excluding hydrogens is 1070 g/mol. The second-order valence-electron chi connectivity index (χ2n) is 19.3. The van der Waals surface area contributed by atoms with Gasteiger partial charge in [0, 0.05) is 25.7 Å². The zero-order chi connectivity index (χ0) is 57.4. The number of rotatable bonds is 24. The van der Waals surface area contributed by atoms with Crippen LogP contribution in [0.15, 0.2) is 144 Å². The van der Waals surface area contributed by atoms with E-state index in [2.05, 4.69) is 6.92 Å². The summed E-state index contributed by atoms with van der Waals surface area (Å²) < 4.78 is 62.0. The van der Waals surface area contributed by atoms with Gasteiger partial charge < -0.3 is 47.4 Å². The predicted molar refractivity (Wildman–Crippen MR) is 290 cm³/mol. The molecule has 3 aliphatic heterocycles. The SMILES string of the molecule is CCCCCCCCOc1ccc(S[C@@H]2O[C@H](CO[C@@H]3O[C@H](COC(C)=O)[C@@H](OC(C)=O)[C@H](OC(C)=O)[C@H]3N3C(=O)c4ccccc4C3=O)[C@@H](OC(=O)c3ccccc3)[C@H](OC(=O)c3ccccc3)[C@H]2OC(=O)c2ccccc2)cc1. The van der Waals surface area contributed by atoms with Crippen LogP contribution in [-0.4, -0.2) is 133 Å². The number of thioether (sulfide) groups is 1. The van der Waals surface area contributed by atoms with Gasteiger partial charge in [-0.1, -0.05) is 118 Å². The van der Waals surface area contributed by atoms with Gasteiger partial charge >= 0.3 is 35.8 Å². The molecule has 81 heavy (non-hydrogen) atoms. The van der Waals surface area contributed by atoms with Crippen LogP contribution in [0.25, 0.3) is 0 Å². The Morgan fingerprint density at radius 2 is 0.963 bits per heavy atom. The van der Waals surface area contributed by atoms with E-state index in [1.54, 1.807) is 91.0 Å². The lowest BCUT2D eigenvalue weighted by atomic mass is 9.94. The molecule has 5 aromatic carbocycles. The van der Waals surface area contributed by atoms with Crippen LogP contribution in [0.3, 0.4) is 0 Å². The smallest absolute Gasteiger partial charge is 0.338 e. The molecule has 0 bridgehead atoms. The molecule has 0 aliphatic carbocycles. The number of hydrogen-bond acceptors (Lipinski definition) is 19. The van der Waals surface area contributed by atoms with Gasteiger partial charge in [-0.15, -0.1) is 0 Å². The molecule has 0 spiro atoms. The quantitative estimate of drug-likeness (QED) is 0.0243. The molecule has 0 radical (unpaired) electrons. The van der Waals surface area contributed by atoms with E-state index in [4.69, 9.17) is 47.4 Å². The van der Waals surface area contributed by atoms with E-state index in [0.717, 1.165) is 63.1 Å². The molecule has 0 aromatic heterocycles. The van der Waals surface area contributed by atoms with Crippen molar-refractivity contribution in [2.45, 2.75) is 132 Å². The lowest BCUT2D eigenvalue weighted by molar-refractivity contribution is -0.297. The fraction of sp³-hybridized carbons (Fsp3) is 0.377. The van der Waals surface area contributed by atoms with Crippen molar-refractivity contribution in [3.05, 3.63) is 167 Å². The van der Waals surface area contributed by atoms with Crippen molar-refractivity contribution < 1.29 is 85.7 Å². The van der Waals surface area contributed by atoms with Crippen molar-refractivity contribution in [3.63, 3.8) is 0 Å². The molecule has 5 aromatic rings. The zero-order valence-corrected chi connectivity index (χ0v) is 45.9. The molecule has 0 N–H and O–H groups in total. The molecule has 3 aliphatic rings. The molecule has 426 valence electrons. The highest BCUT2D eigenvalue weighted by atomic mass is 32.2. The average Bonchev–Trinajstić information content (AvgIpc) is 4.03. The van der Waals surface area contributed by atoms with Crippen LogP contribution < -0.4 is 4.74 Å². The maximum atomic E-state index is 14.5. The first-order valence-electron chi connectivity index (χ1n) is 26.8. The summed E-state index contributed by atoms with van der Waals surface area (Å²) in [5, 5.41) is 0. The second kappa shape index (κ2) is 28.5. The monoisotopic (exact) mass is 1130 g/mol. The fourth-order valence-electron chi connectivity index (χ4n) is 9.59. The van der Waals surface area contributed by atoms with E-state index >= 15 is 0 Å². The molecule has 2 saturated heterocycles. The van der Waals surface area contributed by atoms with Crippen molar-refractivity contribution in [2.75, 3.05) is 19.8 Å². The third kappa shape index (κ3) is 15.3. The Labute approximate surface area is 472 Å². The number of fused-ring (bicyclic) bond motifs is 1. The fourth-order valence-corrected chi connectivity index (χ4v) is 10.7. The van der Waals surface area contributed by atoms with Gasteiger partial charge in [-0.2, -0.15) is 0 Å². The first-order valence-corrected chi connectivity index (χ1v) is 27.6. The van der Waals surface area contributed by atoms with E-state index in [1.807, 2.05) is 0 Å². The normalized spacial score (nSPS) is 23.1. The maximum absolute atomic E-state index is 14.5. The van der Waals surface area contributed by atoms with Gasteiger partial charge in [-0.05, 0) is 79.2 Å². The summed E-state index contributed by atoms with van der Waals surface area (Å²) in [7, 11) is 0. The number of hydrogen-bond donors (Lipinski definition) is 0. The highest BCUT2D eigenvalue weighted by Gasteiger charge is 2.59. The number of amides is 2. The summed E-state index contributed by atoms with van der Waals surface area (Å²) in [4.78, 5) is 112. The van der Waals surface area contributed by atoms with Gasteiger partial charge in [0.05, 0.1) is 41.0 Å². The van der Waals surface area contributed by atoms with Crippen LogP contribution in [0.1, 0.15) is 118 Å². The minimum atomic E-state index is -1.84.